The molecule has 2 heterocycles. The number of likely N-dealkylation sites (tertiary alicyclic amines) is 1. The molecule has 0 amide bonds. The van der Waals surface area contributed by atoms with E-state index in [1.165, 1.54) is 7.11 Å². The van der Waals surface area contributed by atoms with Crippen LogP contribution in [0.4, 0.5) is 4.39 Å². The van der Waals surface area contributed by atoms with Crippen molar-refractivity contribution in [2.24, 2.45) is 4.99 Å². The zero-order chi connectivity index (χ0) is 21.3. The zero-order valence-electron chi connectivity index (χ0n) is 18.2. The van der Waals surface area contributed by atoms with Gasteiger partial charge in [0.1, 0.15) is 0 Å². The highest BCUT2D eigenvalue weighted by atomic mass is 19.1. The van der Waals surface area contributed by atoms with Gasteiger partial charge in [0.2, 0.25) is 0 Å². The Hall–Kier alpha value is -2.61. The van der Waals surface area contributed by atoms with E-state index in [9.17, 15) is 4.39 Å². The second-order valence-corrected chi connectivity index (χ2v) is 7.71. The van der Waals surface area contributed by atoms with Crippen molar-refractivity contribution in [3.8, 4) is 5.75 Å². The molecule has 8 heteroatoms. The van der Waals surface area contributed by atoms with Gasteiger partial charge in [0.25, 0.3) is 0 Å². The zero-order valence-corrected chi connectivity index (χ0v) is 18.2. The van der Waals surface area contributed by atoms with E-state index in [0.29, 0.717) is 18.3 Å². The number of guanidine groups is 1. The van der Waals surface area contributed by atoms with Gasteiger partial charge in [0.15, 0.2) is 17.5 Å². The number of aliphatic imine (C=N–C) groups is 1. The minimum atomic E-state index is -0.302. The van der Waals surface area contributed by atoms with Gasteiger partial charge in [-0.1, -0.05) is 6.07 Å². The van der Waals surface area contributed by atoms with Crippen LogP contribution in [0.15, 0.2) is 35.6 Å². The predicted molar refractivity (Wildman–Crippen MR) is 117 cm³/mol. The summed E-state index contributed by atoms with van der Waals surface area (Å²) in [6, 6.07) is 5.59. The van der Waals surface area contributed by atoms with E-state index >= 15 is 0 Å². The van der Waals surface area contributed by atoms with Crippen molar-refractivity contribution >= 4 is 5.96 Å². The Kier molecular flexibility index (Phi) is 8.07. The third-order valence-electron chi connectivity index (χ3n) is 5.26. The molecule has 3 rings (SSSR count). The molecule has 1 fully saturated rings. The van der Waals surface area contributed by atoms with Gasteiger partial charge < -0.3 is 15.4 Å². The number of hydrogen-bond donors (Lipinski definition) is 2. The third kappa shape index (κ3) is 6.45. The van der Waals surface area contributed by atoms with Crippen LogP contribution < -0.4 is 15.4 Å². The number of nitrogens with zero attached hydrogens (tertiary/aromatic N) is 4. The average molecular weight is 417 g/mol. The summed E-state index contributed by atoms with van der Waals surface area (Å²) < 4.78 is 20.8. The van der Waals surface area contributed by atoms with Gasteiger partial charge >= 0.3 is 0 Å². The first kappa shape index (κ1) is 22.1. The first-order valence-corrected chi connectivity index (χ1v) is 10.7. The summed E-state index contributed by atoms with van der Waals surface area (Å²) in [6.07, 6.45) is 5.95. The molecule has 1 aromatic heterocycles. The Morgan fingerprint density at radius 1 is 1.33 bits per heavy atom. The standard InChI is InChI=1S/C22H33FN6O/c1-4-24-22(25-9-12-29-15-17(2)14-26-29)27-19-7-10-28(11-8-19)16-18-5-6-21(30-3)20(23)13-18/h5-6,13-15,19H,4,7-12,16H2,1-3H3,(H2,24,25,27). The summed E-state index contributed by atoms with van der Waals surface area (Å²) in [5, 5.41) is 11.2. The Labute approximate surface area is 178 Å². The minimum Gasteiger partial charge on any atom is -0.494 e. The maximum Gasteiger partial charge on any atom is 0.191 e. The lowest BCUT2D eigenvalue weighted by atomic mass is 10.0. The van der Waals surface area contributed by atoms with Crippen LogP contribution in [0.2, 0.25) is 0 Å². The molecule has 1 aliphatic heterocycles. The quantitative estimate of drug-likeness (QED) is 0.511. The molecule has 0 radical (unpaired) electrons. The van der Waals surface area contributed by atoms with Gasteiger partial charge in [-0.3, -0.25) is 14.6 Å². The molecule has 1 aromatic carbocycles. The Bertz CT molecular complexity index is 829. The van der Waals surface area contributed by atoms with Gasteiger partial charge in [-0.15, -0.1) is 0 Å². The topological polar surface area (TPSA) is 66.7 Å². The number of rotatable bonds is 8. The average Bonchev–Trinajstić information content (AvgIpc) is 3.15. The molecule has 0 bridgehead atoms. The van der Waals surface area contributed by atoms with Crippen LogP contribution in [-0.2, 0) is 13.1 Å². The largest absolute Gasteiger partial charge is 0.494 e. The van der Waals surface area contributed by atoms with Gasteiger partial charge in [0.05, 0.1) is 26.4 Å². The number of aryl methyl sites for hydroxylation is 1. The van der Waals surface area contributed by atoms with Crippen molar-refractivity contribution in [1.82, 2.24) is 25.3 Å². The third-order valence-corrected chi connectivity index (χ3v) is 5.26. The molecule has 0 aliphatic carbocycles. The van der Waals surface area contributed by atoms with Gasteiger partial charge in [-0.2, -0.15) is 5.10 Å². The fourth-order valence-corrected chi connectivity index (χ4v) is 3.67. The van der Waals surface area contributed by atoms with Gasteiger partial charge in [-0.25, -0.2) is 4.39 Å². The van der Waals surface area contributed by atoms with Crippen LogP contribution in [0.25, 0.3) is 0 Å². The predicted octanol–water partition coefficient (Wildman–Crippen LogP) is 2.56. The number of methoxy groups -OCH3 is 1. The first-order chi connectivity index (χ1) is 14.6. The van der Waals surface area contributed by atoms with Crippen LogP contribution in [0.1, 0.15) is 30.9 Å². The van der Waals surface area contributed by atoms with Crippen LogP contribution in [0.3, 0.4) is 0 Å². The highest BCUT2D eigenvalue weighted by Gasteiger charge is 2.20. The van der Waals surface area contributed by atoms with Crippen LogP contribution in [0.5, 0.6) is 5.75 Å². The van der Waals surface area contributed by atoms with E-state index in [0.717, 1.165) is 62.7 Å². The summed E-state index contributed by atoms with van der Waals surface area (Å²) in [6.45, 7) is 9.08. The van der Waals surface area contributed by atoms with Crippen molar-refractivity contribution in [2.75, 3.05) is 33.3 Å². The molecule has 1 aliphatic rings. The number of halogens is 1. The van der Waals surface area contributed by atoms with Gasteiger partial charge in [0, 0.05) is 38.4 Å². The van der Waals surface area contributed by atoms with Crippen molar-refractivity contribution in [1.29, 1.82) is 0 Å². The number of ether oxygens (including phenoxy) is 1. The molecule has 0 unspecified atom stereocenters. The second-order valence-electron chi connectivity index (χ2n) is 7.71. The number of nitrogens with one attached hydrogen (secondary N) is 2. The maximum absolute atomic E-state index is 13.9. The molecule has 30 heavy (non-hydrogen) atoms. The second kappa shape index (κ2) is 11.0. The highest BCUT2D eigenvalue weighted by molar-refractivity contribution is 5.80. The number of hydrogen-bond acceptors (Lipinski definition) is 4. The van der Waals surface area contributed by atoms with Crippen molar-refractivity contribution < 1.29 is 9.13 Å². The van der Waals surface area contributed by atoms with E-state index in [2.05, 4.69) is 27.6 Å². The Morgan fingerprint density at radius 2 is 2.13 bits per heavy atom. The fraction of sp³-hybridized carbons (Fsp3) is 0.545. The summed E-state index contributed by atoms with van der Waals surface area (Å²) >= 11 is 0. The summed E-state index contributed by atoms with van der Waals surface area (Å²) in [7, 11) is 1.49. The number of benzene rings is 1. The summed E-state index contributed by atoms with van der Waals surface area (Å²) in [4.78, 5) is 7.06. The fourth-order valence-electron chi connectivity index (χ4n) is 3.67. The van der Waals surface area contributed by atoms with E-state index in [1.807, 2.05) is 30.1 Å². The van der Waals surface area contributed by atoms with E-state index < -0.39 is 0 Å². The number of piperidine rings is 1. The summed E-state index contributed by atoms with van der Waals surface area (Å²) in [5.41, 5.74) is 2.14. The van der Waals surface area contributed by atoms with E-state index in [-0.39, 0.29) is 5.82 Å². The minimum absolute atomic E-state index is 0.291. The lowest BCUT2D eigenvalue weighted by Gasteiger charge is -2.33. The lowest BCUT2D eigenvalue weighted by Crippen LogP contribution is -2.48. The smallest absolute Gasteiger partial charge is 0.191 e. The molecule has 0 saturated carbocycles. The molecule has 7 nitrogen and oxygen atoms in total. The maximum atomic E-state index is 13.9. The molecule has 1 saturated heterocycles. The van der Waals surface area contributed by atoms with Crippen LogP contribution >= 0.6 is 0 Å². The van der Waals surface area contributed by atoms with Gasteiger partial charge in [-0.05, 0) is 49.9 Å². The lowest BCUT2D eigenvalue weighted by molar-refractivity contribution is 0.198. The SMILES string of the molecule is CCNC(=NCCn1cc(C)cn1)NC1CCN(Cc2ccc(OC)c(F)c2)CC1. The molecular formula is C22H33FN6O. The Morgan fingerprint density at radius 3 is 2.77 bits per heavy atom. The molecule has 0 spiro atoms. The molecule has 2 N–H and O–H groups in total. The van der Waals surface area contributed by atoms with Crippen LogP contribution in [-0.4, -0.2) is 60.0 Å². The highest BCUT2D eigenvalue weighted by Crippen LogP contribution is 2.20. The number of aromatic nitrogens is 2. The van der Waals surface area contributed by atoms with Crippen molar-refractivity contribution in [3.05, 3.63) is 47.5 Å². The van der Waals surface area contributed by atoms with E-state index in [1.54, 1.807) is 12.1 Å². The molecule has 0 atom stereocenters. The van der Waals surface area contributed by atoms with Crippen LogP contribution in [0, 0.1) is 12.7 Å². The molecular weight excluding hydrogens is 383 g/mol. The summed E-state index contributed by atoms with van der Waals surface area (Å²) in [5.74, 6) is 0.847. The van der Waals surface area contributed by atoms with Crippen molar-refractivity contribution in [3.63, 3.8) is 0 Å². The monoisotopic (exact) mass is 416 g/mol. The normalized spacial score (nSPS) is 15.9. The first-order valence-electron chi connectivity index (χ1n) is 10.7. The van der Waals surface area contributed by atoms with E-state index in [4.69, 9.17) is 9.73 Å². The molecule has 164 valence electrons. The molecule has 2 aromatic rings. The Balaban J connectivity index is 1.45. The van der Waals surface area contributed by atoms with Crippen molar-refractivity contribution in [2.45, 2.75) is 45.8 Å².